The van der Waals surface area contributed by atoms with E-state index in [0.717, 1.165) is 30.9 Å². The number of hydrogen-bond acceptors (Lipinski definition) is 5. The normalized spacial score (nSPS) is 17.1. The average molecular weight is 455 g/mol. The standard InChI is InChI=1S/C27H26N4O3/c32-27-25(23-17-22(31(33)34)13-14-24(23)29-27)26(20-7-3-1-4-8-20)28-21-11-9-19(10-12-21)18-30-15-5-2-6-16-30/h1,3-4,7-14,17,28H,2,5-6,15-16,18H2,(H,29,32). The van der Waals surface area contributed by atoms with Gasteiger partial charge in [-0.15, -0.1) is 0 Å². The van der Waals surface area contributed by atoms with Crippen molar-refractivity contribution in [3.8, 4) is 0 Å². The third-order valence-electron chi connectivity index (χ3n) is 6.35. The maximum absolute atomic E-state index is 13.0. The molecule has 3 aromatic carbocycles. The molecule has 34 heavy (non-hydrogen) atoms. The molecule has 0 bridgehead atoms. The van der Waals surface area contributed by atoms with Crippen molar-refractivity contribution >= 4 is 34.2 Å². The molecule has 0 saturated carbocycles. The van der Waals surface area contributed by atoms with Crippen LogP contribution in [0.2, 0.25) is 0 Å². The third-order valence-corrected chi connectivity index (χ3v) is 6.35. The fourth-order valence-electron chi connectivity index (χ4n) is 4.61. The minimum Gasteiger partial charge on any atom is -0.354 e. The van der Waals surface area contributed by atoms with E-state index in [1.165, 1.54) is 37.0 Å². The number of nitrogens with zero attached hydrogens (tertiary/aromatic N) is 2. The lowest BCUT2D eigenvalue weighted by Crippen LogP contribution is -2.29. The molecule has 2 heterocycles. The van der Waals surface area contributed by atoms with E-state index in [1.54, 1.807) is 6.07 Å². The number of likely N-dealkylation sites (tertiary alicyclic amines) is 1. The number of benzene rings is 3. The Morgan fingerprint density at radius 3 is 2.41 bits per heavy atom. The fraction of sp³-hybridized carbons (Fsp3) is 0.222. The molecule has 0 radical (unpaired) electrons. The number of anilines is 2. The summed E-state index contributed by atoms with van der Waals surface area (Å²) in [5, 5.41) is 17.6. The van der Waals surface area contributed by atoms with Crippen LogP contribution in [-0.2, 0) is 11.3 Å². The van der Waals surface area contributed by atoms with Gasteiger partial charge < -0.3 is 10.6 Å². The van der Waals surface area contributed by atoms with E-state index in [4.69, 9.17) is 0 Å². The van der Waals surface area contributed by atoms with Crippen LogP contribution in [0.15, 0.2) is 72.8 Å². The first-order chi connectivity index (χ1) is 16.6. The Balaban J connectivity index is 1.50. The van der Waals surface area contributed by atoms with Crippen molar-refractivity contribution in [3.63, 3.8) is 0 Å². The molecule has 3 aromatic rings. The molecule has 1 saturated heterocycles. The van der Waals surface area contributed by atoms with Crippen molar-refractivity contribution in [2.75, 3.05) is 23.7 Å². The average Bonchev–Trinajstić information content (AvgIpc) is 3.19. The summed E-state index contributed by atoms with van der Waals surface area (Å²) >= 11 is 0. The Morgan fingerprint density at radius 1 is 0.971 bits per heavy atom. The lowest BCUT2D eigenvalue weighted by molar-refractivity contribution is -0.384. The van der Waals surface area contributed by atoms with E-state index in [1.807, 2.05) is 42.5 Å². The van der Waals surface area contributed by atoms with Gasteiger partial charge in [-0.3, -0.25) is 19.8 Å². The summed E-state index contributed by atoms with van der Waals surface area (Å²) in [6.45, 7) is 3.22. The minimum absolute atomic E-state index is 0.0535. The van der Waals surface area contributed by atoms with E-state index in [-0.39, 0.29) is 11.6 Å². The highest BCUT2D eigenvalue weighted by Gasteiger charge is 2.30. The van der Waals surface area contributed by atoms with Crippen LogP contribution < -0.4 is 10.6 Å². The fourth-order valence-corrected chi connectivity index (χ4v) is 4.61. The topological polar surface area (TPSA) is 87.5 Å². The number of hydrogen-bond donors (Lipinski definition) is 2. The van der Waals surface area contributed by atoms with Crippen molar-refractivity contribution < 1.29 is 9.72 Å². The summed E-state index contributed by atoms with van der Waals surface area (Å²) in [6, 6.07) is 22.2. The molecular formula is C27H26N4O3. The van der Waals surface area contributed by atoms with Gasteiger partial charge in [-0.2, -0.15) is 0 Å². The van der Waals surface area contributed by atoms with Gasteiger partial charge in [0.15, 0.2) is 0 Å². The predicted molar refractivity (Wildman–Crippen MR) is 134 cm³/mol. The zero-order valence-electron chi connectivity index (χ0n) is 18.8. The lowest BCUT2D eigenvalue weighted by Gasteiger charge is -2.26. The van der Waals surface area contributed by atoms with Gasteiger partial charge in [-0.25, -0.2) is 0 Å². The first-order valence-corrected chi connectivity index (χ1v) is 11.6. The lowest BCUT2D eigenvalue weighted by atomic mass is 9.99. The number of nitro benzene ring substituents is 1. The molecule has 0 atom stereocenters. The predicted octanol–water partition coefficient (Wildman–Crippen LogP) is 5.51. The molecule has 1 fully saturated rings. The Kier molecular flexibility index (Phi) is 6.10. The first kappa shape index (κ1) is 21.9. The number of rotatable bonds is 6. The minimum atomic E-state index is -0.447. The smallest absolute Gasteiger partial charge is 0.270 e. The second-order valence-corrected chi connectivity index (χ2v) is 8.72. The Hall–Kier alpha value is -3.97. The highest BCUT2D eigenvalue weighted by Crippen LogP contribution is 2.39. The van der Waals surface area contributed by atoms with Gasteiger partial charge in [-0.1, -0.05) is 48.9 Å². The molecule has 0 unspecified atom stereocenters. The van der Waals surface area contributed by atoms with Gasteiger partial charge in [0.1, 0.15) is 0 Å². The molecule has 2 aliphatic heterocycles. The first-order valence-electron chi connectivity index (χ1n) is 11.6. The van der Waals surface area contributed by atoms with Crippen LogP contribution in [0.4, 0.5) is 17.1 Å². The monoisotopic (exact) mass is 454 g/mol. The summed E-state index contributed by atoms with van der Waals surface area (Å²) < 4.78 is 0. The van der Waals surface area contributed by atoms with E-state index in [2.05, 4.69) is 27.7 Å². The second kappa shape index (κ2) is 9.49. The molecule has 5 rings (SSSR count). The second-order valence-electron chi connectivity index (χ2n) is 8.72. The highest BCUT2D eigenvalue weighted by molar-refractivity contribution is 6.37. The van der Waals surface area contributed by atoms with Crippen LogP contribution >= 0.6 is 0 Å². The molecule has 0 aliphatic carbocycles. The van der Waals surface area contributed by atoms with Gasteiger partial charge in [0.05, 0.1) is 16.2 Å². The molecule has 172 valence electrons. The summed E-state index contributed by atoms with van der Waals surface area (Å²) in [4.78, 5) is 26.4. The van der Waals surface area contributed by atoms with Gasteiger partial charge >= 0.3 is 0 Å². The van der Waals surface area contributed by atoms with Crippen molar-refractivity contribution in [2.24, 2.45) is 0 Å². The van der Waals surface area contributed by atoms with E-state index in [9.17, 15) is 14.9 Å². The van der Waals surface area contributed by atoms with Crippen LogP contribution in [-0.4, -0.2) is 28.8 Å². The zero-order chi connectivity index (χ0) is 23.5. The zero-order valence-corrected chi connectivity index (χ0v) is 18.8. The number of nitrogens with one attached hydrogen (secondary N) is 2. The summed E-state index contributed by atoms with van der Waals surface area (Å²) in [7, 11) is 0. The molecule has 2 aliphatic rings. The third kappa shape index (κ3) is 4.56. The van der Waals surface area contributed by atoms with Crippen LogP contribution in [0.1, 0.15) is 36.0 Å². The van der Waals surface area contributed by atoms with E-state index >= 15 is 0 Å². The SMILES string of the molecule is O=C1Nc2ccc([N+](=O)[O-])cc2C1=C(Nc1ccc(CN2CCCCC2)cc1)c1ccccc1. The number of nitro groups is 1. The van der Waals surface area contributed by atoms with Crippen LogP contribution in [0.5, 0.6) is 0 Å². The van der Waals surface area contributed by atoms with Gasteiger partial charge in [0, 0.05) is 35.6 Å². The molecule has 0 spiro atoms. The number of amides is 1. The van der Waals surface area contributed by atoms with Crippen LogP contribution in [0.3, 0.4) is 0 Å². The van der Waals surface area contributed by atoms with E-state index in [0.29, 0.717) is 22.5 Å². The number of piperidine rings is 1. The Morgan fingerprint density at radius 2 is 1.71 bits per heavy atom. The van der Waals surface area contributed by atoms with Crippen molar-refractivity contribution in [2.45, 2.75) is 25.8 Å². The number of fused-ring (bicyclic) bond motifs is 1. The Labute approximate surface area is 198 Å². The van der Waals surface area contributed by atoms with Crippen molar-refractivity contribution in [3.05, 3.63) is 99.6 Å². The Bertz CT molecular complexity index is 1250. The molecule has 1 amide bonds. The van der Waals surface area contributed by atoms with Crippen molar-refractivity contribution in [1.82, 2.24) is 4.90 Å². The summed E-state index contributed by atoms with van der Waals surface area (Å²) in [5.41, 5.74) is 4.96. The van der Waals surface area contributed by atoms with Gasteiger partial charge in [0.25, 0.3) is 11.6 Å². The number of carbonyl (C=O) groups is 1. The summed E-state index contributed by atoms with van der Waals surface area (Å²) in [5.74, 6) is -0.288. The maximum atomic E-state index is 13.0. The molecular weight excluding hydrogens is 428 g/mol. The molecule has 7 nitrogen and oxygen atoms in total. The van der Waals surface area contributed by atoms with E-state index < -0.39 is 4.92 Å². The van der Waals surface area contributed by atoms with Gasteiger partial charge in [-0.05, 0) is 55.3 Å². The molecule has 0 aromatic heterocycles. The quantitative estimate of drug-likeness (QED) is 0.291. The van der Waals surface area contributed by atoms with Gasteiger partial charge in [0.2, 0.25) is 0 Å². The number of non-ortho nitro benzene ring substituents is 1. The maximum Gasteiger partial charge on any atom is 0.270 e. The number of carbonyl (C=O) groups excluding carboxylic acids is 1. The molecule has 7 heteroatoms. The summed E-state index contributed by atoms with van der Waals surface area (Å²) in [6.07, 6.45) is 3.83. The highest BCUT2D eigenvalue weighted by atomic mass is 16.6. The van der Waals surface area contributed by atoms with Crippen LogP contribution in [0, 0.1) is 10.1 Å². The van der Waals surface area contributed by atoms with Crippen molar-refractivity contribution in [1.29, 1.82) is 0 Å². The van der Waals surface area contributed by atoms with Crippen LogP contribution in [0.25, 0.3) is 11.3 Å². The largest absolute Gasteiger partial charge is 0.354 e. The molecule has 2 N–H and O–H groups in total.